The summed E-state index contributed by atoms with van der Waals surface area (Å²) in [6.07, 6.45) is 1.87. The monoisotopic (exact) mass is 400 g/mol. The summed E-state index contributed by atoms with van der Waals surface area (Å²) in [7, 11) is 1.31. The molecule has 10 heteroatoms. The summed E-state index contributed by atoms with van der Waals surface area (Å²) >= 11 is 2.50. The molecule has 0 aromatic heterocycles. The van der Waals surface area contributed by atoms with Gasteiger partial charge in [-0.3, -0.25) is 14.4 Å². The number of nitrogens with zero attached hydrogens (tertiary/aromatic N) is 1. The Hall–Kier alpha value is -1.94. The molecule has 2 rings (SSSR count). The maximum absolute atomic E-state index is 12.5. The van der Waals surface area contributed by atoms with Gasteiger partial charge in [0, 0.05) is 29.7 Å². The molecule has 0 aromatic rings. The van der Waals surface area contributed by atoms with Crippen LogP contribution in [0.15, 0.2) is 22.2 Å². The first-order valence-corrected chi connectivity index (χ1v) is 9.77. The van der Waals surface area contributed by atoms with Crippen LogP contribution in [0.4, 0.5) is 0 Å². The zero-order valence-electron chi connectivity index (χ0n) is 14.6. The van der Waals surface area contributed by atoms with E-state index in [0.717, 1.165) is 0 Å². The van der Waals surface area contributed by atoms with Gasteiger partial charge >= 0.3 is 11.9 Å². The van der Waals surface area contributed by atoms with Crippen LogP contribution in [0.25, 0.3) is 0 Å². The van der Waals surface area contributed by atoms with Gasteiger partial charge in [-0.1, -0.05) is 18.7 Å². The van der Waals surface area contributed by atoms with Crippen LogP contribution < -0.4 is 5.32 Å². The molecule has 0 bridgehead atoms. The molecule has 26 heavy (non-hydrogen) atoms. The number of carbonyl (C=O) groups is 4. The fraction of sp³-hybridized carbons (Fsp3) is 0.500. The van der Waals surface area contributed by atoms with E-state index in [4.69, 9.17) is 0 Å². The maximum Gasteiger partial charge on any atom is 0.353 e. The van der Waals surface area contributed by atoms with Crippen LogP contribution in [0.3, 0.4) is 0 Å². The van der Waals surface area contributed by atoms with E-state index in [9.17, 15) is 24.3 Å². The van der Waals surface area contributed by atoms with Gasteiger partial charge in [0.15, 0.2) is 0 Å². The summed E-state index contributed by atoms with van der Waals surface area (Å²) in [6.45, 7) is 3.23. The molecule has 0 aliphatic carbocycles. The number of methoxy groups -OCH3 is 1. The second-order valence-electron chi connectivity index (χ2n) is 5.80. The highest BCUT2D eigenvalue weighted by Gasteiger charge is 2.56. The lowest BCUT2D eigenvalue weighted by Crippen LogP contribution is -2.61. The largest absolute Gasteiger partial charge is 0.477 e. The average Bonchev–Trinajstić information content (AvgIpc) is 2.91. The standard InChI is InChI=1S/C16H20N2O6S2/c1-8(26-7-12(20)24-3)13-10-6-11(25-5-4-17-9(2)19)14(16(22)23)18(10)15(13)21/h4-5,8,10,13H,6-7H2,1-3H3,(H,17,19)(H,22,23)/b5-4+/t8?,10-,13-/m1/s1. The lowest BCUT2D eigenvalue weighted by Gasteiger charge is -2.45. The first kappa shape index (κ1) is 20.4. The average molecular weight is 400 g/mol. The summed E-state index contributed by atoms with van der Waals surface area (Å²) in [6, 6.07) is -0.217. The number of carboxylic acid groups (broad SMARTS) is 1. The van der Waals surface area contributed by atoms with Gasteiger partial charge in [-0.25, -0.2) is 4.79 Å². The van der Waals surface area contributed by atoms with Crippen molar-refractivity contribution in [2.45, 2.75) is 31.6 Å². The Balaban J connectivity index is 2.05. The minimum absolute atomic E-state index is 0.00103. The molecule has 2 aliphatic heterocycles. The summed E-state index contributed by atoms with van der Waals surface area (Å²) < 4.78 is 4.60. The van der Waals surface area contributed by atoms with Crippen LogP contribution in [0.5, 0.6) is 0 Å². The molecule has 2 amide bonds. The van der Waals surface area contributed by atoms with Gasteiger partial charge in [0.1, 0.15) is 5.70 Å². The number of hydrogen-bond acceptors (Lipinski definition) is 7. The molecule has 0 spiro atoms. The van der Waals surface area contributed by atoms with E-state index in [0.29, 0.717) is 11.3 Å². The van der Waals surface area contributed by atoms with Crippen LogP contribution in [0.1, 0.15) is 20.3 Å². The summed E-state index contributed by atoms with van der Waals surface area (Å²) in [4.78, 5) is 48.1. The first-order valence-electron chi connectivity index (χ1n) is 7.84. The Morgan fingerprint density at radius 2 is 2.15 bits per heavy atom. The van der Waals surface area contributed by atoms with E-state index in [2.05, 4.69) is 10.1 Å². The quantitative estimate of drug-likeness (QED) is 0.461. The topological polar surface area (TPSA) is 113 Å². The number of hydrogen-bond donors (Lipinski definition) is 2. The molecule has 2 heterocycles. The number of ether oxygens (including phenoxy) is 1. The molecule has 1 fully saturated rings. The third kappa shape index (κ3) is 4.24. The first-order chi connectivity index (χ1) is 12.3. The number of carbonyl (C=O) groups excluding carboxylic acids is 3. The van der Waals surface area contributed by atoms with Crippen LogP contribution in [-0.4, -0.2) is 57.9 Å². The van der Waals surface area contributed by atoms with Crippen molar-refractivity contribution in [3.05, 3.63) is 22.2 Å². The molecule has 0 radical (unpaired) electrons. The number of aliphatic carboxylic acids is 1. The summed E-state index contributed by atoms with van der Waals surface area (Å²) in [5.74, 6) is -2.16. The van der Waals surface area contributed by atoms with Crippen molar-refractivity contribution in [3.8, 4) is 0 Å². The Kier molecular flexibility index (Phi) is 6.76. The highest BCUT2D eigenvalue weighted by atomic mass is 32.2. The number of amides is 2. The predicted octanol–water partition coefficient (Wildman–Crippen LogP) is 1.15. The third-order valence-corrected chi connectivity index (χ3v) is 6.27. The fourth-order valence-electron chi connectivity index (χ4n) is 2.95. The van der Waals surface area contributed by atoms with Crippen LogP contribution >= 0.6 is 23.5 Å². The Morgan fingerprint density at radius 3 is 2.73 bits per heavy atom. The number of esters is 1. The van der Waals surface area contributed by atoms with Crippen LogP contribution in [0, 0.1) is 5.92 Å². The fourth-order valence-corrected chi connectivity index (χ4v) is 4.84. The normalized spacial score (nSPS) is 22.9. The summed E-state index contributed by atoms with van der Waals surface area (Å²) in [5.41, 5.74) is -0.00103. The number of nitrogens with one attached hydrogen (secondary N) is 1. The second-order valence-corrected chi connectivity index (χ2v) is 8.16. The molecule has 0 saturated carbocycles. The van der Waals surface area contributed by atoms with E-state index < -0.39 is 5.97 Å². The number of thioether (sulfide) groups is 2. The summed E-state index contributed by atoms with van der Waals surface area (Å²) in [5, 5.41) is 13.4. The maximum atomic E-state index is 12.5. The third-order valence-electron chi connectivity index (χ3n) is 4.13. The van der Waals surface area contributed by atoms with Crippen molar-refractivity contribution in [2.75, 3.05) is 12.9 Å². The molecule has 0 aromatic carbocycles. The van der Waals surface area contributed by atoms with Crippen molar-refractivity contribution < 1.29 is 29.0 Å². The molecule has 142 valence electrons. The number of β-lactam (4-membered cyclic amide) rings is 1. The lowest BCUT2D eigenvalue weighted by molar-refractivity contribution is -0.154. The van der Waals surface area contributed by atoms with Crippen molar-refractivity contribution >= 4 is 47.3 Å². The highest BCUT2D eigenvalue weighted by Crippen LogP contribution is 2.48. The lowest BCUT2D eigenvalue weighted by atomic mass is 9.85. The Bertz CT molecular complexity index is 690. The van der Waals surface area contributed by atoms with Gasteiger partial charge in [-0.15, -0.1) is 11.8 Å². The zero-order chi connectivity index (χ0) is 19.4. The zero-order valence-corrected chi connectivity index (χ0v) is 16.2. The smallest absolute Gasteiger partial charge is 0.353 e. The van der Waals surface area contributed by atoms with Gasteiger partial charge in [0.2, 0.25) is 11.8 Å². The molecule has 1 saturated heterocycles. The van der Waals surface area contributed by atoms with E-state index in [1.54, 1.807) is 5.41 Å². The van der Waals surface area contributed by atoms with Gasteiger partial charge in [-0.2, -0.15) is 0 Å². The molecular formula is C16H20N2O6S2. The number of fused-ring (bicyclic) bond motifs is 1. The van der Waals surface area contributed by atoms with E-state index in [1.807, 2.05) is 6.92 Å². The SMILES string of the molecule is COC(=O)CSC(C)[C@H]1C(=O)N2C(C(=O)O)=C(S/C=C/NC(C)=O)C[C@H]12. The Labute approximate surface area is 159 Å². The van der Waals surface area contributed by atoms with Crippen molar-refractivity contribution in [1.29, 1.82) is 0 Å². The highest BCUT2D eigenvalue weighted by molar-refractivity contribution is 8.05. The van der Waals surface area contributed by atoms with Gasteiger partial charge < -0.3 is 20.1 Å². The number of carboxylic acids is 1. The predicted molar refractivity (Wildman–Crippen MR) is 97.9 cm³/mol. The van der Waals surface area contributed by atoms with E-state index in [1.165, 1.54) is 48.7 Å². The molecule has 2 aliphatic rings. The van der Waals surface area contributed by atoms with E-state index >= 15 is 0 Å². The molecule has 1 unspecified atom stereocenters. The molecular weight excluding hydrogens is 380 g/mol. The Morgan fingerprint density at radius 1 is 1.46 bits per heavy atom. The van der Waals surface area contributed by atoms with Gasteiger partial charge in [-0.05, 0) is 5.41 Å². The van der Waals surface area contributed by atoms with Crippen LogP contribution in [-0.2, 0) is 23.9 Å². The van der Waals surface area contributed by atoms with E-state index in [-0.39, 0.29) is 46.4 Å². The second kappa shape index (κ2) is 8.63. The minimum Gasteiger partial charge on any atom is -0.477 e. The number of rotatable bonds is 8. The van der Waals surface area contributed by atoms with Crippen molar-refractivity contribution in [2.24, 2.45) is 5.92 Å². The van der Waals surface area contributed by atoms with Gasteiger partial charge in [0.05, 0.1) is 24.8 Å². The molecule has 2 N–H and O–H groups in total. The molecule has 3 atom stereocenters. The minimum atomic E-state index is -1.15. The van der Waals surface area contributed by atoms with Crippen molar-refractivity contribution in [3.63, 3.8) is 0 Å². The van der Waals surface area contributed by atoms with Crippen molar-refractivity contribution in [1.82, 2.24) is 10.2 Å². The molecule has 8 nitrogen and oxygen atoms in total. The van der Waals surface area contributed by atoms with Gasteiger partial charge in [0.25, 0.3) is 0 Å². The van der Waals surface area contributed by atoms with Crippen LogP contribution in [0.2, 0.25) is 0 Å².